The summed E-state index contributed by atoms with van der Waals surface area (Å²) < 4.78 is 7.89. The van der Waals surface area contributed by atoms with Crippen LogP contribution in [0.15, 0.2) is 72.8 Å². The van der Waals surface area contributed by atoms with Crippen LogP contribution in [0.5, 0.6) is 5.75 Å². The largest absolute Gasteiger partial charge is 0.491 e. The van der Waals surface area contributed by atoms with E-state index in [1.165, 1.54) is 16.7 Å². The van der Waals surface area contributed by atoms with Crippen molar-refractivity contribution in [3.8, 4) is 5.75 Å². The Balaban J connectivity index is 1.55. The maximum Gasteiger partial charge on any atom is 0.119 e. The van der Waals surface area contributed by atoms with Crippen molar-refractivity contribution in [2.24, 2.45) is 0 Å². The molecule has 0 aliphatic heterocycles. The number of imidazole rings is 1. The van der Waals surface area contributed by atoms with Crippen molar-refractivity contribution < 1.29 is 9.84 Å². The summed E-state index contributed by atoms with van der Waals surface area (Å²) in [7, 11) is 0. The van der Waals surface area contributed by atoms with Crippen LogP contribution in [0.25, 0.3) is 11.0 Å². The van der Waals surface area contributed by atoms with E-state index in [0.717, 1.165) is 29.0 Å². The number of nitrogens with zero attached hydrogens (tertiary/aromatic N) is 2. The van der Waals surface area contributed by atoms with E-state index in [1.54, 1.807) is 0 Å². The highest BCUT2D eigenvalue weighted by molar-refractivity contribution is 5.76. The quantitative estimate of drug-likeness (QED) is 0.501. The zero-order valence-electron chi connectivity index (χ0n) is 16.9. The molecule has 0 aliphatic rings. The first-order valence-electron chi connectivity index (χ1n) is 9.96. The summed E-state index contributed by atoms with van der Waals surface area (Å²) in [6, 6.07) is 24.3. The van der Waals surface area contributed by atoms with Crippen molar-refractivity contribution in [2.75, 3.05) is 6.61 Å². The Labute approximate surface area is 171 Å². The number of aryl methyl sites for hydroxylation is 2. The molecule has 0 radical (unpaired) electrons. The van der Waals surface area contributed by atoms with E-state index < -0.39 is 6.10 Å². The number of fused-ring (bicyclic) bond motifs is 1. The van der Waals surface area contributed by atoms with Gasteiger partial charge < -0.3 is 14.4 Å². The second-order valence-electron chi connectivity index (χ2n) is 7.51. The standard InChI is InChI=1S/C25H26N2O2/c1-18-11-13-22(14-12-18)29-17-21(28)16-27-24-10-6-5-9-23(24)26-25(27)15-20-8-4-3-7-19(20)2/h3-14,21,28H,15-17H2,1-2H3/t21-/m1/s1. The van der Waals surface area contributed by atoms with Crippen LogP contribution in [-0.2, 0) is 13.0 Å². The summed E-state index contributed by atoms with van der Waals surface area (Å²) in [5.74, 6) is 1.72. The fourth-order valence-corrected chi connectivity index (χ4v) is 3.53. The average molecular weight is 386 g/mol. The maximum absolute atomic E-state index is 10.7. The van der Waals surface area contributed by atoms with Crippen LogP contribution in [0.3, 0.4) is 0 Å². The normalized spacial score (nSPS) is 12.2. The number of para-hydroxylation sites is 2. The number of hydrogen-bond donors (Lipinski definition) is 1. The summed E-state index contributed by atoms with van der Waals surface area (Å²) in [5, 5.41) is 10.7. The van der Waals surface area contributed by atoms with Gasteiger partial charge in [-0.15, -0.1) is 0 Å². The number of benzene rings is 3. The van der Waals surface area contributed by atoms with E-state index in [0.29, 0.717) is 6.54 Å². The average Bonchev–Trinajstić information content (AvgIpc) is 3.06. The van der Waals surface area contributed by atoms with Gasteiger partial charge in [0.2, 0.25) is 0 Å². The minimum atomic E-state index is -0.635. The Hall–Kier alpha value is -3.11. The van der Waals surface area contributed by atoms with Crippen LogP contribution in [-0.4, -0.2) is 27.4 Å². The lowest BCUT2D eigenvalue weighted by Crippen LogP contribution is -2.24. The van der Waals surface area contributed by atoms with Gasteiger partial charge in [-0.1, -0.05) is 54.1 Å². The molecule has 148 valence electrons. The molecular weight excluding hydrogens is 360 g/mol. The molecule has 0 spiro atoms. The molecule has 0 saturated carbocycles. The number of rotatable bonds is 7. The Morgan fingerprint density at radius 2 is 1.66 bits per heavy atom. The first-order valence-corrected chi connectivity index (χ1v) is 9.96. The van der Waals surface area contributed by atoms with E-state index in [2.05, 4.69) is 35.8 Å². The van der Waals surface area contributed by atoms with Gasteiger partial charge in [-0.3, -0.25) is 0 Å². The summed E-state index contributed by atoms with van der Waals surface area (Å²) in [5.41, 5.74) is 5.65. The van der Waals surface area contributed by atoms with Gasteiger partial charge in [-0.05, 0) is 49.2 Å². The van der Waals surface area contributed by atoms with Crippen molar-refractivity contribution in [1.29, 1.82) is 0 Å². The first kappa shape index (κ1) is 19.2. The minimum absolute atomic E-state index is 0.235. The predicted molar refractivity (Wildman–Crippen MR) is 116 cm³/mol. The first-order chi connectivity index (χ1) is 14.1. The topological polar surface area (TPSA) is 47.3 Å². The zero-order valence-corrected chi connectivity index (χ0v) is 16.9. The van der Waals surface area contributed by atoms with Crippen molar-refractivity contribution >= 4 is 11.0 Å². The number of aromatic nitrogens is 2. The molecule has 4 aromatic rings. The monoisotopic (exact) mass is 386 g/mol. The zero-order chi connectivity index (χ0) is 20.2. The van der Waals surface area contributed by atoms with Gasteiger partial charge in [0, 0.05) is 6.42 Å². The van der Waals surface area contributed by atoms with Crippen LogP contribution in [0.1, 0.15) is 22.5 Å². The molecule has 0 aliphatic carbocycles. The van der Waals surface area contributed by atoms with Crippen molar-refractivity contribution in [3.05, 3.63) is 95.3 Å². The highest BCUT2D eigenvalue weighted by atomic mass is 16.5. The molecule has 0 bridgehead atoms. The molecule has 4 rings (SSSR count). The van der Waals surface area contributed by atoms with Crippen LogP contribution in [0.4, 0.5) is 0 Å². The Bertz CT molecular complexity index is 1100. The SMILES string of the molecule is Cc1ccc(OC[C@H](O)Cn2c(Cc3ccccc3C)nc3ccccc32)cc1. The third-order valence-corrected chi connectivity index (χ3v) is 5.20. The number of hydrogen-bond acceptors (Lipinski definition) is 3. The number of ether oxygens (including phenoxy) is 1. The molecule has 3 aromatic carbocycles. The Morgan fingerprint density at radius 3 is 2.45 bits per heavy atom. The third kappa shape index (κ3) is 4.49. The van der Waals surface area contributed by atoms with Gasteiger partial charge in [-0.2, -0.15) is 0 Å². The lowest BCUT2D eigenvalue weighted by Gasteiger charge is -2.16. The Morgan fingerprint density at radius 1 is 0.931 bits per heavy atom. The smallest absolute Gasteiger partial charge is 0.119 e. The van der Waals surface area contributed by atoms with Crippen LogP contribution in [0, 0.1) is 13.8 Å². The van der Waals surface area contributed by atoms with Crippen LogP contribution in [0.2, 0.25) is 0 Å². The van der Waals surface area contributed by atoms with E-state index in [9.17, 15) is 5.11 Å². The van der Waals surface area contributed by atoms with Gasteiger partial charge >= 0.3 is 0 Å². The lowest BCUT2D eigenvalue weighted by molar-refractivity contribution is 0.0928. The minimum Gasteiger partial charge on any atom is -0.491 e. The second kappa shape index (κ2) is 8.50. The molecule has 0 fully saturated rings. The van der Waals surface area contributed by atoms with E-state index >= 15 is 0 Å². The van der Waals surface area contributed by atoms with Gasteiger partial charge in [0.25, 0.3) is 0 Å². The van der Waals surface area contributed by atoms with E-state index in [1.807, 2.05) is 55.5 Å². The fraction of sp³-hybridized carbons (Fsp3) is 0.240. The lowest BCUT2D eigenvalue weighted by atomic mass is 10.1. The summed E-state index contributed by atoms with van der Waals surface area (Å²) in [6.45, 7) is 4.83. The molecule has 4 heteroatoms. The molecule has 0 unspecified atom stereocenters. The molecule has 1 N–H and O–H groups in total. The highest BCUT2D eigenvalue weighted by Crippen LogP contribution is 2.21. The summed E-state index contributed by atoms with van der Waals surface area (Å²) in [4.78, 5) is 4.84. The number of aliphatic hydroxyl groups is 1. The summed E-state index contributed by atoms with van der Waals surface area (Å²) >= 11 is 0. The third-order valence-electron chi connectivity index (χ3n) is 5.20. The van der Waals surface area contributed by atoms with Crippen LogP contribution >= 0.6 is 0 Å². The highest BCUT2D eigenvalue weighted by Gasteiger charge is 2.15. The molecule has 1 heterocycles. The van der Waals surface area contributed by atoms with Gasteiger partial charge in [0.15, 0.2) is 0 Å². The molecule has 1 atom stereocenters. The van der Waals surface area contributed by atoms with Gasteiger partial charge in [0.1, 0.15) is 24.3 Å². The van der Waals surface area contributed by atoms with E-state index in [4.69, 9.17) is 9.72 Å². The molecule has 0 amide bonds. The molecule has 29 heavy (non-hydrogen) atoms. The number of aliphatic hydroxyl groups excluding tert-OH is 1. The molecule has 0 saturated heterocycles. The van der Waals surface area contributed by atoms with Crippen molar-refractivity contribution in [2.45, 2.75) is 32.9 Å². The molecular formula is C25H26N2O2. The van der Waals surface area contributed by atoms with Gasteiger partial charge in [-0.25, -0.2) is 4.98 Å². The van der Waals surface area contributed by atoms with Crippen LogP contribution < -0.4 is 4.74 Å². The molecule has 1 aromatic heterocycles. The van der Waals surface area contributed by atoms with Crippen molar-refractivity contribution in [3.63, 3.8) is 0 Å². The Kier molecular flexibility index (Phi) is 5.63. The molecule has 4 nitrogen and oxygen atoms in total. The van der Waals surface area contributed by atoms with Gasteiger partial charge in [0.05, 0.1) is 17.6 Å². The second-order valence-corrected chi connectivity index (χ2v) is 7.51. The predicted octanol–water partition coefficient (Wildman–Crippen LogP) is 4.68. The van der Waals surface area contributed by atoms with Crippen molar-refractivity contribution in [1.82, 2.24) is 9.55 Å². The van der Waals surface area contributed by atoms with E-state index in [-0.39, 0.29) is 6.61 Å². The fourth-order valence-electron chi connectivity index (χ4n) is 3.53. The summed E-state index contributed by atoms with van der Waals surface area (Å²) in [6.07, 6.45) is 0.0944. The maximum atomic E-state index is 10.7.